The molecule has 0 atom stereocenters. The predicted octanol–water partition coefficient (Wildman–Crippen LogP) is 5.64. The first-order valence-electron chi connectivity index (χ1n) is 9.83. The molecule has 0 fully saturated rings. The Hall–Kier alpha value is -4.13. The number of aromatic nitrogens is 2. The number of methoxy groups -OCH3 is 1. The fourth-order valence-corrected chi connectivity index (χ4v) is 3.22. The van der Waals surface area contributed by atoms with Gasteiger partial charge < -0.3 is 20.7 Å². The summed E-state index contributed by atoms with van der Waals surface area (Å²) in [6.45, 7) is 4.15. The SMILES string of the molecule is COc1ccc(NC(=O)Nc2ccc3c(Nc4cccc(C)c4C)ncnc3c2)cc1. The van der Waals surface area contributed by atoms with E-state index in [9.17, 15) is 4.79 Å². The van der Waals surface area contributed by atoms with Crippen molar-refractivity contribution in [1.29, 1.82) is 0 Å². The van der Waals surface area contributed by atoms with Gasteiger partial charge in [-0.2, -0.15) is 0 Å². The second kappa shape index (κ2) is 8.71. The zero-order valence-corrected chi connectivity index (χ0v) is 17.6. The van der Waals surface area contributed by atoms with E-state index in [2.05, 4.69) is 45.8 Å². The number of carbonyl (C=O) groups excluding carboxylic acids is 1. The van der Waals surface area contributed by atoms with Crippen molar-refractivity contribution in [1.82, 2.24) is 9.97 Å². The summed E-state index contributed by atoms with van der Waals surface area (Å²) in [5.41, 5.74) is 5.41. The molecule has 1 heterocycles. The van der Waals surface area contributed by atoms with E-state index in [4.69, 9.17) is 4.74 Å². The van der Waals surface area contributed by atoms with Gasteiger partial charge in [0.1, 0.15) is 17.9 Å². The van der Waals surface area contributed by atoms with Crippen molar-refractivity contribution in [3.05, 3.63) is 78.1 Å². The third kappa shape index (κ3) is 4.56. The zero-order chi connectivity index (χ0) is 21.8. The number of hydrogen-bond donors (Lipinski definition) is 3. The van der Waals surface area contributed by atoms with Crippen molar-refractivity contribution in [2.24, 2.45) is 0 Å². The maximum Gasteiger partial charge on any atom is 0.323 e. The second-order valence-corrected chi connectivity index (χ2v) is 7.13. The first kappa shape index (κ1) is 20.2. The molecule has 31 heavy (non-hydrogen) atoms. The molecular weight excluding hydrogens is 390 g/mol. The summed E-state index contributed by atoms with van der Waals surface area (Å²) in [6.07, 6.45) is 1.51. The highest BCUT2D eigenvalue weighted by Crippen LogP contribution is 2.27. The van der Waals surface area contributed by atoms with Crippen molar-refractivity contribution >= 4 is 39.8 Å². The lowest BCUT2D eigenvalue weighted by Gasteiger charge is -2.13. The highest BCUT2D eigenvalue weighted by atomic mass is 16.5. The number of urea groups is 1. The van der Waals surface area contributed by atoms with Crippen molar-refractivity contribution in [3.63, 3.8) is 0 Å². The van der Waals surface area contributed by atoms with E-state index < -0.39 is 0 Å². The fraction of sp³-hybridized carbons (Fsp3) is 0.125. The summed E-state index contributed by atoms with van der Waals surface area (Å²) in [7, 11) is 1.60. The average molecular weight is 413 g/mol. The number of aryl methyl sites for hydroxylation is 1. The molecule has 2 amide bonds. The van der Waals surface area contributed by atoms with Gasteiger partial charge in [-0.3, -0.25) is 0 Å². The van der Waals surface area contributed by atoms with Gasteiger partial charge in [0.05, 0.1) is 12.6 Å². The lowest BCUT2D eigenvalue weighted by atomic mass is 10.1. The van der Waals surface area contributed by atoms with E-state index in [0.29, 0.717) is 17.2 Å². The van der Waals surface area contributed by atoms with E-state index >= 15 is 0 Å². The number of hydrogen-bond acceptors (Lipinski definition) is 5. The lowest BCUT2D eigenvalue weighted by Crippen LogP contribution is -2.19. The van der Waals surface area contributed by atoms with Crippen LogP contribution in [0.1, 0.15) is 11.1 Å². The number of ether oxygens (including phenoxy) is 1. The highest BCUT2D eigenvalue weighted by molar-refractivity contribution is 6.01. The van der Waals surface area contributed by atoms with Crippen LogP contribution in [-0.2, 0) is 0 Å². The minimum Gasteiger partial charge on any atom is -0.497 e. The van der Waals surface area contributed by atoms with E-state index in [1.54, 1.807) is 31.4 Å². The van der Waals surface area contributed by atoms with Gasteiger partial charge in [-0.25, -0.2) is 14.8 Å². The van der Waals surface area contributed by atoms with Gasteiger partial charge in [-0.15, -0.1) is 0 Å². The number of nitrogens with zero attached hydrogens (tertiary/aromatic N) is 2. The molecular formula is C24H23N5O2. The summed E-state index contributed by atoms with van der Waals surface area (Å²) in [6, 6.07) is 18.4. The van der Waals surface area contributed by atoms with E-state index in [-0.39, 0.29) is 6.03 Å². The Balaban J connectivity index is 1.51. The molecule has 0 radical (unpaired) electrons. The van der Waals surface area contributed by atoms with Gasteiger partial charge in [-0.05, 0) is 73.5 Å². The molecule has 4 aromatic rings. The van der Waals surface area contributed by atoms with Crippen LogP contribution in [0.25, 0.3) is 10.9 Å². The largest absolute Gasteiger partial charge is 0.497 e. The van der Waals surface area contributed by atoms with Crippen molar-refractivity contribution < 1.29 is 9.53 Å². The van der Waals surface area contributed by atoms with Crippen LogP contribution in [0, 0.1) is 13.8 Å². The molecule has 0 saturated heterocycles. The Kier molecular flexibility index (Phi) is 5.66. The van der Waals surface area contributed by atoms with E-state index in [1.165, 1.54) is 17.5 Å². The Bertz CT molecular complexity index is 1240. The first-order chi connectivity index (χ1) is 15.0. The molecule has 4 rings (SSSR count). The third-order valence-electron chi connectivity index (χ3n) is 5.10. The highest BCUT2D eigenvalue weighted by Gasteiger charge is 2.09. The number of anilines is 4. The number of fused-ring (bicyclic) bond motifs is 1. The van der Waals surface area contributed by atoms with Crippen LogP contribution < -0.4 is 20.7 Å². The molecule has 0 bridgehead atoms. The Morgan fingerprint density at radius 3 is 2.42 bits per heavy atom. The lowest BCUT2D eigenvalue weighted by molar-refractivity contribution is 0.262. The summed E-state index contributed by atoms with van der Waals surface area (Å²) >= 11 is 0. The Morgan fingerprint density at radius 1 is 0.903 bits per heavy atom. The quantitative estimate of drug-likeness (QED) is 0.394. The number of nitrogens with one attached hydrogen (secondary N) is 3. The van der Waals surface area contributed by atoms with Crippen LogP contribution in [0.15, 0.2) is 67.0 Å². The third-order valence-corrected chi connectivity index (χ3v) is 5.10. The van der Waals surface area contributed by atoms with Gasteiger partial charge in [0.2, 0.25) is 0 Å². The van der Waals surface area contributed by atoms with Gasteiger partial charge in [0.25, 0.3) is 0 Å². The molecule has 3 aromatic carbocycles. The molecule has 7 nitrogen and oxygen atoms in total. The van der Waals surface area contributed by atoms with Crippen molar-refractivity contribution in [2.75, 3.05) is 23.1 Å². The normalized spacial score (nSPS) is 10.5. The predicted molar refractivity (Wildman–Crippen MR) is 124 cm³/mol. The minimum atomic E-state index is -0.340. The smallest absolute Gasteiger partial charge is 0.323 e. The molecule has 0 aliphatic carbocycles. The van der Waals surface area contributed by atoms with Gasteiger partial charge in [0, 0.05) is 22.4 Å². The maximum atomic E-state index is 12.4. The van der Waals surface area contributed by atoms with Crippen LogP contribution >= 0.6 is 0 Å². The molecule has 0 saturated carbocycles. The van der Waals surface area contributed by atoms with Crippen LogP contribution in [0.5, 0.6) is 5.75 Å². The number of amides is 2. The van der Waals surface area contributed by atoms with Crippen LogP contribution in [0.2, 0.25) is 0 Å². The maximum absolute atomic E-state index is 12.4. The van der Waals surface area contributed by atoms with E-state index in [1.807, 2.05) is 30.3 Å². The summed E-state index contributed by atoms with van der Waals surface area (Å²) < 4.78 is 5.12. The van der Waals surface area contributed by atoms with Crippen molar-refractivity contribution in [2.45, 2.75) is 13.8 Å². The van der Waals surface area contributed by atoms with Crippen LogP contribution in [0.4, 0.5) is 27.7 Å². The minimum absolute atomic E-state index is 0.340. The Labute approximate surface area is 180 Å². The molecule has 7 heteroatoms. The van der Waals surface area contributed by atoms with Crippen LogP contribution in [-0.4, -0.2) is 23.1 Å². The zero-order valence-electron chi connectivity index (χ0n) is 17.6. The number of carbonyl (C=O) groups is 1. The van der Waals surface area contributed by atoms with Crippen LogP contribution in [0.3, 0.4) is 0 Å². The molecule has 1 aromatic heterocycles. The standard InChI is InChI=1S/C24H23N5O2/c1-15-5-4-6-21(16(15)2)29-23-20-12-9-18(13-22(20)25-14-26-23)28-24(30)27-17-7-10-19(31-3)11-8-17/h4-14H,1-3H3,(H,25,26,29)(H2,27,28,30). The summed E-state index contributed by atoms with van der Waals surface area (Å²) in [4.78, 5) is 21.1. The summed E-state index contributed by atoms with van der Waals surface area (Å²) in [5.74, 6) is 1.44. The summed E-state index contributed by atoms with van der Waals surface area (Å²) in [5, 5.41) is 9.89. The Morgan fingerprint density at radius 2 is 1.65 bits per heavy atom. The van der Waals surface area contributed by atoms with E-state index in [0.717, 1.165) is 22.3 Å². The second-order valence-electron chi connectivity index (χ2n) is 7.13. The number of benzene rings is 3. The van der Waals surface area contributed by atoms with Crippen molar-refractivity contribution in [3.8, 4) is 5.75 Å². The topological polar surface area (TPSA) is 88.2 Å². The van der Waals surface area contributed by atoms with Gasteiger partial charge in [0.15, 0.2) is 0 Å². The average Bonchev–Trinajstić information content (AvgIpc) is 2.77. The molecule has 156 valence electrons. The fourth-order valence-electron chi connectivity index (χ4n) is 3.22. The van der Waals surface area contributed by atoms with Gasteiger partial charge >= 0.3 is 6.03 Å². The molecule has 0 unspecified atom stereocenters. The first-order valence-corrected chi connectivity index (χ1v) is 9.83. The number of rotatable bonds is 5. The molecule has 0 aliphatic heterocycles. The monoisotopic (exact) mass is 413 g/mol. The molecule has 3 N–H and O–H groups in total. The molecule has 0 aliphatic rings. The van der Waals surface area contributed by atoms with Gasteiger partial charge in [-0.1, -0.05) is 12.1 Å². The molecule has 0 spiro atoms.